The number of hydrogen-bond acceptors (Lipinski definition) is 3. The maximum absolute atomic E-state index is 13.1. The van der Waals surface area contributed by atoms with Crippen LogP contribution in [0.4, 0.5) is 4.39 Å². The lowest BCUT2D eigenvalue weighted by Crippen LogP contribution is -2.54. The Morgan fingerprint density at radius 1 is 1.17 bits per heavy atom. The zero-order valence-electron chi connectivity index (χ0n) is 15.1. The van der Waals surface area contributed by atoms with E-state index in [-0.39, 0.29) is 16.0 Å². The molecule has 1 N–H and O–H groups in total. The van der Waals surface area contributed by atoms with E-state index >= 15 is 0 Å². The average Bonchev–Trinajstić information content (AvgIpc) is 2.37. The Labute approximate surface area is 141 Å². The summed E-state index contributed by atoms with van der Waals surface area (Å²) in [5.41, 5.74) is 0.767. The molecule has 1 aromatic carbocycles. The average molecular weight is 361 g/mol. The number of halogens is 1. The van der Waals surface area contributed by atoms with Gasteiger partial charge in [-0.1, -0.05) is 46.0 Å². The molecule has 0 spiro atoms. The second-order valence-corrected chi connectivity index (χ2v) is 14.7. The Balaban J connectivity index is 3.08. The first-order valence-corrected chi connectivity index (χ1v) is 12.2. The topological polar surface area (TPSA) is 49.4 Å². The number of alkyl halides is 1. The minimum absolute atomic E-state index is 0.0930. The van der Waals surface area contributed by atoms with Crippen LogP contribution in [-0.4, -0.2) is 42.3 Å². The summed E-state index contributed by atoms with van der Waals surface area (Å²) < 4.78 is 41.3. The van der Waals surface area contributed by atoms with Gasteiger partial charge in [0.05, 0.1) is 10.9 Å². The molecule has 7 heteroatoms. The van der Waals surface area contributed by atoms with Crippen molar-refractivity contribution in [2.75, 3.05) is 20.8 Å². The standard InChI is InChI=1S/C16H29FN2O2SSi/c1-16(2,3)23(6,7)18-22(20,21)14-10-8-13(9-11-14)15(12-17)19(4)5/h8-11,15,18H,12H2,1-7H3. The quantitative estimate of drug-likeness (QED) is 0.790. The molecule has 0 aliphatic rings. The summed E-state index contributed by atoms with van der Waals surface area (Å²) in [6.45, 7) is 9.64. The summed E-state index contributed by atoms with van der Waals surface area (Å²) in [6, 6.07) is 6.11. The van der Waals surface area contributed by atoms with Crippen LogP contribution in [0.3, 0.4) is 0 Å². The molecule has 23 heavy (non-hydrogen) atoms. The molecule has 0 heterocycles. The van der Waals surface area contributed by atoms with Crippen molar-refractivity contribution in [3.63, 3.8) is 0 Å². The summed E-state index contributed by atoms with van der Waals surface area (Å²) in [5.74, 6) is 0. The molecular formula is C16H29FN2O2SSi. The third kappa shape index (κ3) is 4.85. The lowest BCUT2D eigenvalue weighted by Gasteiger charge is -2.36. The summed E-state index contributed by atoms with van der Waals surface area (Å²) in [6.07, 6.45) is 0. The highest BCUT2D eigenvalue weighted by Gasteiger charge is 2.39. The van der Waals surface area contributed by atoms with Gasteiger partial charge in [0, 0.05) is 0 Å². The van der Waals surface area contributed by atoms with Crippen molar-refractivity contribution in [2.45, 2.75) is 49.8 Å². The molecule has 1 unspecified atom stereocenters. The second kappa shape index (κ2) is 7.00. The van der Waals surface area contributed by atoms with Crippen molar-refractivity contribution in [3.8, 4) is 0 Å². The highest BCUT2D eigenvalue weighted by Crippen LogP contribution is 2.35. The van der Waals surface area contributed by atoms with Crippen LogP contribution in [0.1, 0.15) is 32.4 Å². The molecule has 0 saturated heterocycles. The fourth-order valence-corrected chi connectivity index (χ4v) is 6.82. The van der Waals surface area contributed by atoms with E-state index in [0.717, 1.165) is 5.56 Å². The molecule has 0 bridgehead atoms. The van der Waals surface area contributed by atoms with Gasteiger partial charge in [0.1, 0.15) is 14.9 Å². The lowest BCUT2D eigenvalue weighted by molar-refractivity contribution is 0.242. The highest BCUT2D eigenvalue weighted by molar-refractivity contribution is 7.91. The predicted molar refractivity (Wildman–Crippen MR) is 96.4 cm³/mol. The van der Waals surface area contributed by atoms with E-state index in [1.807, 2.05) is 33.9 Å². The van der Waals surface area contributed by atoms with E-state index < -0.39 is 24.9 Å². The molecule has 0 amide bonds. The van der Waals surface area contributed by atoms with Crippen molar-refractivity contribution in [3.05, 3.63) is 29.8 Å². The Morgan fingerprint density at radius 2 is 1.65 bits per heavy atom. The molecule has 132 valence electrons. The Morgan fingerprint density at radius 3 is 2.00 bits per heavy atom. The summed E-state index contributed by atoms with van der Waals surface area (Å²) in [7, 11) is -2.16. The number of nitrogens with one attached hydrogen (secondary N) is 1. The fourth-order valence-electron chi connectivity index (χ4n) is 1.94. The van der Waals surface area contributed by atoms with Gasteiger partial charge in [0.2, 0.25) is 10.0 Å². The van der Waals surface area contributed by atoms with E-state index in [2.05, 4.69) is 4.39 Å². The van der Waals surface area contributed by atoms with Gasteiger partial charge in [-0.05, 0) is 36.8 Å². The van der Waals surface area contributed by atoms with Crippen molar-refractivity contribution in [1.29, 1.82) is 0 Å². The third-order valence-corrected chi connectivity index (χ3v) is 12.4. The smallest absolute Gasteiger partial charge is 0.234 e. The van der Waals surface area contributed by atoms with Crippen LogP contribution in [0.25, 0.3) is 0 Å². The van der Waals surface area contributed by atoms with Crippen LogP contribution in [-0.2, 0) is 10.0 Å². The van der Waals surface area contributed by atoms with E-state index in [0.29, 0.717) is 0 Å². The molecule has 0 aliphatic carbocycles. The summed E-state index contributed by atoms with van der Waals surface area (Å²) in [4.78, 5) is 2.00. The molecule has 1 rings (SSSR count). The lowest BCUT2D eigenvalue weighted by atomic mass is 10.1. The number of benzene rings is 1. The summed E-state index contributed by atoms with van der Waals surface area (Å²) in [5, 5.41) is -0.0930. The Kier molecular flexibility index (Phi) is 6.18. The van der Waals surface area contributed by atoms with Crippen LogP contribution >= 0.6 is 0 Å². The SMILES string of the molecule is CN(C)C(CF)c1ccc(S(=O)(=O)N[Si](C)(C)C(C)(C)C)cc1. The molecule has 0 radical (unpaired) electrons. The van der Waals surface area contributed by atoms with Gasteiger partial charge < -0.3 is 4.90 Å². The highest BCUT2D eigenvalue weighted by atomic mass is 32.2. The molecule has 0 fully saturated rings. The summed E-state index contributed by atoms with van der Waals surface area (Å²) >= 11 is 0. The Hall–Kier alpha value is -0.763. The predicted octanol–water partition coefficient (Wildman–Crippen LogP) is 3.54. The number of sulfonamides is 1. The molecule has 0 aromatic heterocycles. The van der Waals surface area contributed by atoms with Crippen LogP contribution in [0.5, 0.6) is 0 Å². The first-order valence-electron chi connectivity index (χ1n) is 7.68. The van der Waals surface area contributed by atoms with E-state index in [9.17, 15) is 12.8 Å². The maximum Gasteiger partial charge on any atom is 0.234 e. The van der Waals surface area contributed by atoms with Gasteiger partial charge in [-0.2, -0.15) is 0 Å². The second-order valence-electron chi connectivity index (χ2n) is 7.68. The monoisotopic (exact) mass is 360 g/mol. The zero-order chi connectivity index (χ0) is 18.1. The number of rotatable bonds is 6. The number of hydrogen-bond donors (Lipinski definition) is 1. The van der Waals surface area contributed by atoms with Gasteiger partial charge in [0.15, 0.2) is 0 Å². The molecular weight excluding hydrogens is 331 g/mol. The minimum Gasteiger partial charge on any atom is -0.300 e. The number of nitrogens with zero attached hydrogens (tertiary/aromatic N) is 1. The van der Waals surface area contributed by atoms with Gasteiger partial charge >= 0.3 is 0 Å². The van der Waals surface area contributed by atoms with Crippen molar-refractivity contribution < 1.29 is 12.8 Å². The van der Waals surface area contributed by atoms with Crippen molar-refractivity contribution in [1.82, 2.24) is 9.29 Å². The fraction of sp³-hybridized carbons (Fsp3) is 0.625. The van der Waals surface area contributed by atoms with Gasteiger partial charge in [-0.25, -0.2) is 17.2 Å². The van der Waals surface area contributed by atoms with Gasteiger partial charge in [-0.3, -0.25) is 0 Å². The van der Waals surface area contributed by atoms with E-state index in [1.54, 1.807) is 43.3 Å². The first kappa shape index (κ1) is 20.3. The molecule has 0 aliphatic heterocycles. The Bertz CT molecular complexity index is 622. The molecule has 1 atom stereocenters. The van der Waals surface area contributed by atoms with Crippen LogP contribution < -0.4 is 4.39 Å². The first-order chi connectivity index (χ1) is 10.3. The molecule has 1 aromatic rings. The molecule has 4 nitrogen and oxygen atoms in total. The van der Waals surface area contributed by atoms with Crippen LogP contribution in [0.2, 0.25) is 18.1 Å². The third-order valence-electron chi connectivity index (χ3n) is 4.61. The van der Waals surface area contributed by atoms with Crippen molar-refractivity contribution in [2.24, 2.45) is 0 Å². The van der Waals surface area contributed by atoms with Crippen molar-refractivity contribution >= 4 is 18.3 Å². The minimum atomic E-state index is -3.57. The zero-order valence-corrected chi connectivity index (χ0v) is 17.0. The van der Waals surface area contributed by atoms with Gasteiger partial charge in [-0.15, -0.1) is 0 Å². The largest absolute Gasteiger partial charge is 0.300 e. The van der Waals surface area contributed by atoms with Crippen LogP contribution in [0.15, 0.2) is 29.2 Å². The van der Waals surface area contributed by atoms with E-state index in [4.69, 9.17) is 0 Å². The van der Waals surface area contributed by atoms with E-state index in [1.165, 1.54) is 0 Å². The molecule has 0 saturated carbocycles. The normalized spacial score (nSPS) is 15.0. The maximum atomic E-state index is 13.1. The van der Waals surface area contributed by atoms with Gasteiger partial charge in [0.25, 0.3) is 0 Å². The van der Waals surface area contributed by atoms with Crippen LogP contribution in [0, 0.1) is 0 Å².